The van der Waals surface area contributed by atoms with Gasteiger partial charge in [-0.25, -0.2) is 4.79 Å². The molecule has 0 aromatic rings. The highest BCUT2D eigenvalue weighted by Gasteiger charge is 2.63. The van der Waals surface area contributed by atoms with Gasteiger partial charge in [0.1, 0.15) is 262 Å². The summed E-state index contributed by atoms with van der Waals surface area (Å²) >= 11 is 0. The largest absolute Gasteiger partial charge is 0.479 e. The van der Waals surface area contributed by atoms with Crippen molar-refractivity contribution < 1.29 is 281 Å². The van der Waals surface area contributed by atoms with Crippen molar-refractivity contribution in [1.29, 1.82) is 0 Å². The number of rotatable bonds is 36. The van der Waals surface area contributed by atoms with E-state index in [4.69, 9.17) is 99.5 Å². The van der Waals surface area contributed by atoms with Crippen molar-refractivity contribution >= 4 is 35.5 Å². The number of aliphatic hydroxyl groups excluding tert-OH is 29. The predicted molar refractivity (Wildman–Crippen MR) is 421 cm³/mol. The van der Waals surface area contributed by atoms with E-state index in [1.807, 2.05) is 0 Å². The van der Waals surface area contributed by atoms with E-state index in [-0.39, 0.29) is 0 Å². The van der Waals surface area contributed by atoms with E-state index >= 15 is 0 Å². The van der Waals surface area contributed by atoms with E-state index in [9.17, 15) is 182 Å². The molecule has 62 heteroatoms. The number of nitrogens with one attached hydrogen (secondary N) is 5. The monoisotopic (exact) mass is 2020 g/mol. The van der Waals surface area contributed by atoms with Gasteiger partial charge >= 0.3 is 5.97 Å². The van der Waals surface area contributed by atoms with E-state index in [1.165, 1.54) is 0 Å². The minimum atomic E-state index is -2.69. The fourth-order valence-corrected chi connectivity index (χ4v) is 17.7. The number of carbonyl (C=O) groups is 6. The minimum absolute atomic E-state index is 0.860. The number of carboxylic acids is 1. The normalized spacial score (nSPS) is 48.6. The first-order chi connectivity index (χ1) is 65.2. The van der Waals surface area contributed by atoms with E-state index in [0.29, 0.717) is 0 Å². The third-order valence-corrected chi connectivity index (χ3v) is 24.9. The van der Waals surface area contributed by atoms with Gasteiger partial charge in [0.25, 0.3) is 0 Å². The molecule has 0 radical (unpaired) electrons. The van der Waals surface area contributed by atoms with Crippen LogP contribution in [0.15, 0.2) is 0 Å². The molecule has 11 saturated heterocycles. The molecule has 11 aliphatic rings. The maximum absolute atomic E-state index is 13.4. The Kier molecular flexibility index (Phi) is 40.5. The Morgan fingerprint density at radius 2 is 0.478 bits per heavy atom. The molecule has 0 saturated carbocycles. The Hall–Kier alpha value is -5.18. The van der Waals surface area contributed by atoms with Crippen LogP contribution >= 0.6 is 0 Å². The molecule has 11 fully saturated rings. The van der Waals surface area contributed by atoms with E-state index in [1.54, 1.807) is 0 Å². The highest BCUT2D eigenvalue weighted by atomic mass is 16.8. The molecular weight excluding hydrogens is 1890 g/mol. The number of aliphatic carboxylic acids is 1. The fraction of sp³-hybridized carbons (Fsp3) is 0.921. The molecule has 35 N–H and O–H groups in total. The number of hydrogen-bond acceptors (Lipinski definition) is 56. The fourth-order valence-electron chi connectivity index (χ4n) is 17.7. The number of amides is 5. The Bertz CT molecular complexity index is 3880. The number of carboxylic acid groups (broad SMARTS) is 1. The van der Waals surface area contributed by atoms with Gasteiger partial charge in [0.2, 0.25) is 29.5 Å². The Labute approximate surface area is 779 Å². The molecule has 55 atom stereocenters. The Morgan fingerprint density at radius 3 is 0.928 bits per heavy atom. The number of ether oxygens (including phenoxy) is 21. The smallest absolute Gasteiger partial charge is 0.335 e. The second-order valence-corrected chi connectivity index (χ2v) is 34.6. The summed E-state index contributed by atoms with van der Waals surface area (Å²) in [6.07, 6.45) is -109. The molecule has 0 unspecified atom stereocenters. The molecule has 62 nitrogen and oxygen atoms in total. The second kappa shape index (κ2) is 49.3. The second-order valence-electron chi connectivity index (χ2n) is 34.6. The third kappa shape index (κ3) is 25.0. The summed E-state index contributed by atoms with van der Waals surface area (Å²) in [5, 5.41) is 348. The molecule has 11 heterocycles. The average molecular weight is 2020 g/mol. The van der Waals surface area contributed by atoms with Crippen molar-refractivity contribution in [1.82, 2.24) is 26.6 Å². The number of aliphatic hydroxyl groups is 29. The number of hydrogen-bond donors (Lipinski definition) is 35. The van der Waals surface area contributed by atoms with Crippen molar-refractivity contribution in [3.8, 4) is 0 Å². The van der Waals surface area contributed by atoms with E-state index in [0.717, 1.165) is 34.6 Å². The molecule has 0 aromatic heterocycles. The number of carbonyl (C=O) groups excluding carboxylic acids is 5. The zero-order valence-corrected chi connectivity index (χ0v) is 73.8. The summed E-state index contributed by atoms with van der Waals surface area (Å²) < 4.78 is 125. The molecule has 11 rings (SSSR count). The van der Waals surface area contributed by atoms with Crippen molar-refractivity contribution in [2.24, 2.45) is 0 Å². The Morgan fingerprint density at radius 1 is 0.210 bits per heavy atom. The molecule has 0 spiro atoms. The third-order valence-electron chi connectivity index (χ3n) is 24.9. The maximum atomic E-state index is 13.4. The molecule has 11 aliphatic heterocycles. The lowest BCUT2D eigenvalue weighted by Gasteiger charge is -2.51. The quantitative estimate of drug-likeness (QED) is 0.0277. The highest BCUT2D eigenvalue weighted by Crippen LogP contribution is 2.42. The van der Waals surface area contributed by atoms with Crippen molar-refractivity contribution in [2.75, 3.05) is 66.1 Å². The minimum Gasteiger partial charge on any atom is -0.479 e. The van der Waals surface area contributed by atoms with Crippen LogP contribution in [0.3, 0.4) is 0 Å². The lowest BCUT2D eigenvalue weighted by molar-refractivity contribution is -0.398. The van der Waals surface area contributed by atoms with Crippen LogP contribution in [-0.2, 0) is 128 Å². The van der Waals surface area contributed by atoms with Gasteiger partial charge in [-0.3, -0.25) is 24.0 Å². The summed E-state index contributed by atoms with van der Waals surface area (Å²) in [5.74, 6) is -6.78. The van der Waals surface area contributed by atoms with Gasteiger partial charge < -0.3 is 279 Å². The van der Waals surface area contributed by atoms with Crippen molar-refractivity contribution in [3.63, 3.8) is 0 Å². The van der Waals surface area contributed by atoms with Gasteiger partial charge in [0.05, 0.1) is 66.1 Å². The topological polar surface area (TPSA) is 963 Å². The average Bonchev–Trinajstić information content (AvgIpc) is 0.766. The molecular formula is C76H125N5O57. The lowest BCUT2D eigenvalue weighted by atomic mass is 9.93. The first-order valence-electron chi connectivity index (χ1n) is 43.6. The van der Waals surface area contributed by atoms with Gasteiger partial charge in [0, 0.05) is 34.6 Å². The van der Waals surface area contributed by atoms with Crippen LogP contribution in [0.2, 0.25) is 0 Å². The molecule has 0 bridgehead atoms. The van der Waals surface area contributed by atoms with E-state index in [2.05, 4.69) is 26.6 Å². The summed E-state index contributed by atoms with van der Waals surface area (Å²) in [5.41, 5.74) is 0. The van der Waals surface area contributed by atoms with Crippen LogP contribution in [0.5, 0.6) is 0 Å². The van der Waals surface area contributed by atoms with Crippen LogP contribution in [-0.4, -0.2) is 592 Å². The van der Waals surface area contributed by atoms with Crippen LogP contribution in [0.1, 0.15) is 34.6 Å². The van der Waals surface area contributed by atoms with Crippen molar-refractivity contribution in [2.45, 2.75) is 372 Å². The zero-order valence-electron chi connectivity index (χ0n) is 73.8. The standard InChI is InChI=1S/C76H125N5O57/c1-16(90)77-31-44(103)58(30(120-66(31)117)15-118-71-52(111)47(106)37(96)22(7-83)123-71)131-68-33(79-18(3)92)46(105)57(28(13-89)127-68)132-74-55(114)61(42(101)29(129-74)14-119-75-63(49(108)38(97)23(8-84)125-75)137-67-32(78-17(2)91)43(102)36(95)21(6-82)121-67)135-76-64(50(109)39(98)24(9-85)126-76)138-69-34(80-19(4)93)45(104)56(27(12-88)128-69)130-70-35(81-20(5)94)59(40(99)25(10-86)122-70)133-73-54(113)60(41(100)26(11-87)124-73)134-72-53(112)48(107)51(110)62(136-72)65(115)116/h21-64,66-76,82-89,95-114,117H,6-15H2,1-5H3,(H,77,90)(H,78,91)(H,79,92)(H,80,93)(H,81,94)(H,115,116)/t21-,22-,23-,24-,25-,26-,27-,28-,29-,30-,31-,32-,33-,34-,35-,36-,37-,38-,39-,40+,41+,42-,43-,44-,45-,46-,47+,48+,49+,50+,51+,52+,53-,54-,55+,56-,57-,58-,59-,60+,61+,62+,63+,64+,66-,67+,68+,69+,70+,71-,72-,73+,74+,75+,76-/m1/s1. The first kappa shape index (κ1) is 113. The van der Waals surface area contributed by atoms with E-state index < -0.39 is 439 Å². The summed E-state index contributed by atoms with van der Waals surface area (Å²) in [7, 11) is 0. The highest BCUT2D eigenvalue weighted by molar-refractivity contribution is 5.75. The van der Waals surface area contributed by atoms with Gasteiger partial charge in [-0.05, 0) is 0 Å². The lowest BCUT2D eigenvalue weighted by Crippen LogP contribution is -2.71. The van der Waals surface area contributed by atoms with Crippen LogP contribution in [0.25, 0.3) is 0 Å². The molecule has 796 valence electrons. The molecule has 0 aliphatic carbocycles. The molecule has 5 amide bonds. The molecule has 138 heavy (non-hydrogen) atoms. The summed E-state index contributed by atoms with van der Waals surface area (Å²) in [6, 6.07) is -9.87. The van der Waals surface area contributed by atoms with Gasteiger partial charge in [-0.15, -0.1) is 0 Å². The maximum Gasteiger partial charge on any atom is 0.335 e. The SMILES string of the molecule is CC(=O)N[C@@H]1[C@@H](O)[C@H](O[C@@H]2O[C@H](CO)[C@@H](O[C@@H]3O[C@H](CO[C@H]4O[C@H](CO)[C@@H](O)[C@H](O)[C@@H]4O[C@@H]4O[C@H](CO)[C@@H](O)[C@H](O)[C@H]4NC(C)=O)[C@@H](O)[C@H](O[C@H]4O[C@H](CO)[C@@H](O)[C@H](O)[C@@H]4O[C@@H]4O[C@H](CO)[C@@H](O[C@@H]5O[C@H](CO)[C@H](O)[C@H](O[C@@H]6O[C@H](CO)[C@H](O)[C@H](O[C@@H]7O[C@H](C(=O)O)[C@@H](O)[C@H](O)[C@H]7O)[C@H]6O)[C@H]5NC(C)=O)[C@H](O)[C@H]4NC(C)=O)[C@@H]3O)[C@H](O)[C@H]2NC(C)=O)[C@@H](CO[C@@H]2O[C@H](CO)[C@@H](O)[C@H](O)[C@@H]2O)O[C@H]1O. The predicted octanol–water partition coefficient (Wildman–Crippen LogP) is -24.2. The summed E-state index contributed by atoms with van der Waals surface area (Å²) in [4.78, 5) is 77.0. The molecule has 0 aromatic carbocycles. The van der Waals surface area contributed by atoms with Crippen LogP contribution in [0.4, 0.5) is 0 Å². The van der Waals surface area contributed by atoms with Crippen LogP contribution < -0.4 is 26.6 Å². The zero-order chi connectivity index (χ0) is 102. The van der Waals surface area contributed by atoms with Crippen LogP contribution in [0, 0.1) is 0 Å². The van der Waals surface area contributed by atoms with Gasteiger partial charge in [0.15, 0.2) is 75.3 Å². The first-order valence-corrected chi connectivity index (χ1v) is 43.6. The van der Waals surface area contributed by atoms with Crippen molar-refractivity contribution in [3.05, 3.63) is 0 Å². The van der Waals surface area contributed by atoms with Gasteiger partial charge in [-0.2, -0.15) is 0 Å². The Balaban J connectivity index is 0.908. The van der Waals surface area contributed by atoms with Gasteiger partial charge in [-0.1, -0.05) is 0 Å². The summed E-state index contributed by atoms with van der Waals surface area (Å²) in [6.45, 7) is -7.00.